The third-order valence-corrected chi connectivity index (χ3v) is 1.83. The van der Waals surface area contributed by atoms with E-state index in [1.165, 1.54) is 0 Å². The number of rotatable bonds is 1. The van der Waals surface area contributed by atoms with Gasteiger partial charge in [-0.3, -0.25) is 0 Å². The van der Waals surface area contributed by atoms with Gasteiger partial charge in [-0.1, -0.05) is 0 Å². The average Bonchev–Trinajstić information content (AvgIpc) is 2.28. The van der Waals surface area contributed by atoms with E-state index >= 15 is 0 Å². The van der Waals surface area contributed by atoms with Gasteiger partial charge in [0.15, 0.2) is 0 Å². The Bertz CT molecular complexity index is 291. The summed E-state index contributed by atoms with van der Waals surface area (Å²) in [6.07, 6.45) is 0. The van der Waals surface area contributed by atoms with Crippen LogP contribution in [0.2, 0.25) is 0 Å². The molecule has 1 unspecified atom stereocenters. The molecule has 0 aliphatic rings. The van der Waals surface area contributed by atoms with Gasteiger partial charge in [0.2, 0.25) is 6.04 Å². The Balaban J connectivity index is 3.05. The highest BCUT2D eigenvalue weighted by atomic mass is 14.8. The number of nitrogens with one attached hydrogen (secondary N) is 1. The van der Waals surface area contributed by atoms with Crippen LogP contribution in [0.1, 0.15) is 29.9 Å². The van der Waals surface area contributed by atoms with Crippen LogP contribution in [0.5, 0.6) is 0 Å². The van der Waals surface area contributed by atoms with Crippen molar-refractivity contribution in [3.05, 3.63) is 34.4 Å². The summed E-state index contributed by atoms with van der Waals surface area (Å²) in [4.78, 5) is 6.64. The number of nitrogens with zero attached hydrogens (tertiary/aromatic N) is 1. The average molecular weight is 148 g/mol. The molecule has 1 aromatic rings. The van der Waals surface area contributed by atoms with Crippen LogP contribution in [0.15, 0.2) is 6.07 Å². The van der Waals surface area contributed by atoms with E-state index in [0.29, 0.717) is 0 Å². The van der Waals surface area contributed by atoms with Crippen molar-refractivity contribution in [1.29, 1.82) is 0 Å². The molecule has 1 aromatic heterocycles. The van der Waals surface area contributed by atoms with Gasteiger partial charge in [-0.15, -0.1) is 0 Å². The standard InChI is InChI=1S/C9H12N2/c1-6-5-9(7(2)10-4)8(3)11-6/h5,7,11H,1-3H3. The Kier molecular flexibility index (Phi) is 2.00. The lowest BCUT2D eigenvalue weighted by Crippen LogP contribution is -1.86. The maximum Gasteiger partial charge on any atom is 0.247 e. The summed E-state index contributed by atoms with van der Waals surface area (Å²) in [5.41, 5.74) is 3.37. The zero-order valence-corrected chi connectivity index (χ0v) is 7.10. The van der Waals surface area contributed by atoms with Crippen molar-refractivity contribution in [2.45, 2.75) is 26.8 Å². The van der Waals surface area contributed by atoms with E-state index in [9.17, 15) is 0 Å². The van der Waals surface area contributed by atoms with Gasteiger partial charge in [0, 0.05) is 18.3 Å². The van der Waals surface area contributed by atoms with E-state index < -0.39 is 0 Å². The molecule has 1 N–H and O–H groups in total. The number of aromatic nitrogens is 1. The topological polar surface area (TPSA) is 20.1 Å². The monoisotopic (exact) mass is 148 g/mol. The SMILES string of the molecule is [C-]#[N+]C(C)c1cc(C)[nH]c1C. The Hall–Kier alpha value is -1.23. The van der Waals surface area contributed by atoms with E-state index in [0.717, 1.165) is 17.0 Å². The largest absolute Gasteiger partial charge is 0.362 e. The van der Waals surface area contributed by atoms with Crippen LogP contribution in [0.3, 0.4) is 0 Å². The van der Waals surface area contributed by atoms with Gasteiger partial charge in [0.1, 0.15) is 0 Å². The number of hydrogen-bond donors (Lipinski definition) is 1. The normalized spacial score (nSPS) is 12.5. The van der Waals surface area contributed by atoms with Crippen molar-refractivity contribution in [1.82, 2.24) is 4.98 Å². The highest BCUT2D eigenvalue weighted by Gasteiger charge is 2.12. The molecule has 2 heteroatoms. The van der Waals surface area contributed by atoms with Crippen molar-refractivity contribution < 1.29 is 0 Å². The van der Waals surface area contributed by atoms with Crippen LogP contribution in [0.4, 0.5) is 0 Å². The van der Waals surface area contributed by atoms with Crippen LogP contribution in [-0.2, 0) is 0 Å². The molecule has 0 radical (unpaired) electrons. The Morgan fingerprint density at radius 1 is 1.55 bits per heavy atom. The van der Waals surface area contributed by atoms with Crippen molar-refractivity contribution >= 4 is 0 Å². The second kappa shape index (κ2) is 2.79. The molecular formula is C9H12N2. The summed E-state index contributed by atoms with van der Waals surface area (Å²) in [7, 11) is 0. The molecule has 11 heavy (non-hydrogen) atoms. The van der Waals surface area contributed by atoms with Crippen LogP contribution in [0.25, 0.3) is 4.85 Å². The molecule has 0 amide bonds. The third-order valence-electron chi connectivity index (χ3n) is 1.83. The Labute approximate surface area is 67.1 Å². The molecule has 1 atom stereocenters. The minimum Gasteiger partial charge on any atom is -0.362 e. The van der Waals surface area contributed by atoms with Gasteiger partial charge >= 0.3 is 0 Å². The van der Waals surface area contributed by atoms with E-state index in [1.807, 2.05) is 26.8 Å². The molecule has 2 nitrogen and oxygen atoms in total. The molecule has 1 heterocycles. The minimum absolute atomic E-state index is 0.0139. The predicted molar refractivity (Wildman–Crippen MR) is 45.3 cm³/mol. The quantitative estimate of drug-likeness (QED) is 0.591. The van der Waals surface area contributed by atoms with Gasteiger partial charge in [-0.05, 0) is 19.9 Å². The van der Waals surface area contributed by atoms with Crippen molar-refractivity contribution in [2.24, 2.45) is 0 Å². The molecule has 58 valence electrons. The smallest absolute Gasteiger partial charge is 0.247 e. The number of H-pyrrole nitrogens is 1. The first-order valence-corrected chi connectivity index (χ1v) is 3.68. The van der Waals surface area contributed by atoms with E-state index in [4.69, 9.17) is 6.57 Å². The fourth-order valence-electron chi connectivity index (χ4n) is 1.25. The molecule has 0 aromatic carbocycles. The van der Waals surface area contributed by atoms with E-state index in [1.54, 1.807) is 0 Å². The first kappa shape index (κ1) is 7.87. The fourth-order valence-corrected chi connectivity index (χ4v) is 1.25. The lowest BCUT2D eigenvalue weighted by Gasteiger charge is -1.95. The first-order chi connectivity index (χ1) is 5.15. The van der Waals surface area contributed by atoms with Gasteiger partial charge in [0.25, 0.3) is 0 Å². The van der Waals surface area contributed by atoms with Crippen LogP contribution >= 0.6 is 0 Å². The van der Waals surface area contributed by atoms with Crippen molar-refractivity contribution in [2.75, 3.05) is 0 Å². The zero-order chi connectivity index (χ0) is 8.43. The molecular weight excluding hydrogens is 136 g/mol. The molecule has 1 rings (SSSR count). The van der Waals surface area contributed by atoms with Crippen LogP contribution < -0.4 is 0 Å². The molecule has 0 spiro atoms. The lowest BCUT2D eigenvalue weighted by molar-refractivity contribution is 0.946. The number of aromatic amines is 1. The highest BCUT2D eigenvalue weighted by Crippen LogP contribution is 2.20. The van der Waals surface area contributed by atoms with Crippen molar-refractivity contribution in [3.8, 4) is 0 Å². The fraction of sp³-hybridized carbons (Fsp3) is 0.444. The molecule has 0 bridgehead atoms. The molecule has 0 saturated heterocycles. The van der Waals surface area contributed by atoms with Gasteiger partial charge in [-0.25, -0.2) is 6.57 Å². The van der Waals surface area contributed by atoms with Gasteiger partial charge in [0.05, 0.1) is 5.56 Å². The van der Waals surface area contributed by atoms with E-state index in [-0.39, 0.29) is 6.04 Å². The second-order valence-electron chi connectivity index (χ2n) is 2.84. The lowest BCUT2D eigenvalue weighted by atomic mass is 10.1. The summed E-state index contributed by atoms with van der Waals surface area (Å²) in [6.45, 7) is 12.8. The highest BCUT2D eigenvalue weighted by molar-refractivity contribution is 5.28. The van der Waals surface area contributed by atoms with E-state index in [2.05, 4.69) is 9.83 Å². The summed E-state index contributed by atoms with van der Waals surface area (Å²) >= 11 is 0. The van der Waals surface area contributed by atoms with Crippen LogP contribution in [0, 0.1) is 20.4 Å². The van der Waals surface area contributed by atoms with Crippen LogP contribution in [-0.4, -0.2) is 4.98 Å². The molecule has 0 fully saturated rings. The molecule has 0 saturated carbocycles. The first-order valence-electron chi connectivity index (χ1n) is 3.68. The predicted octanol–water partition coefficient (Wildman–Crippen LogP) is 2.61. The van der Waals surface area contributed by atoms with Gasteiger partial charge in [-0.2, -0.15) is 0 Å². The molecule has 0 aliphatic carbocycles. The minimum atomic E-state index is -0.0139. The maximum absolute atomic E-state index is 6.86. The maximum atomic E-state index is 6.86. The third kappa shape index (κ3) is 1.43. The Morgan fingerprint density at radius 2 is 2.18 bits per heavy atom. The van der Waals surface area contributed by atoms with Crippen molar-refractivity contribution in [3.63, 3.8) is 0 Å². The summed E-state index contributed by atoms with van der Waals surface area (Å²) < 4.78 is 0. The number of hydrogen-bond acceptors (Lipinski definition) is 0. The Morgan fingerprint density at radius 3 is 2.55 bits per heavy atom. The summed E-state index contributed by atoms with van der Waals surface area (Å²) in [5.74, 6) is 0. The number of aryl methyl sites for hydroxylation is 2. The second-order valence-corrected chi connectivity index (χ2v) is 2.84. The molecule has 0 aliphatic heterocycles. The summed E-state index contributed by atoms with van der Waals surface area (Å²) in [6, 6.07) is 2.03. The zero-order valence-electron chi connectivity index (χ0n) is 7.10. The summed E-state index contributed by atoms with van der Waals surface area (Å²) in [5, 5.41) is 0. The van der Waals surface area contributed by atoms with Gasteiger partial charge < -0.3 is 9.83 Å².